The molecular formula is C19H27N7O4. The van der Waals surface area contributed by atoms with Gasteiger partial charge in [-0.3, -0.25) is 14.6 Å². The summed E-state index contributed by atoms with van der Waals surface area (Å²) in [6.45, 7) is -0.0524. The highest BCUT2D eigenvalue weighted by atomic mass is 16.4. The van der Waals surface area contributed by atoms with Crippen LogP contribution >= 0.6 is 0 Å². The van der Waals surface area contributed by atoms with E-state index >= 15 is 0 Å². The molecule has 0 aliphatic heterocycles. The van der Waals surface area contributed by atoms with Gasteiger partial charge < -0.3 is 37.9 Å². The maximum Gasteiger partial charge on any atom is 0.326 e. The van der Waals surface area contributed by atoms with E-state index in [9.17, 15) is 19.5 Å². The van der Waals surface area contributed by atoms with Crippen LogP contribution in [0.4, 0.5) is 0 Å². The van der Waals surface area contributed by atoms with Gasteiger partial charge in [0, 0.05) is 30.1 Å². The summed E-state index contributed by atoms with van der Waals surface area (Å²) in [6.07, 6.45) is 2.41. The highest BCUT2D eigenvalue weighted by molar-refractivity contribution is 5.92. The number of aromatic amines is 1. The molecule has 2 amide bonds. The van der Waals surface area contributed by atoms with Crippen molar-refractivity contribution in [3.8, 4) is 0 Å². The molecule has 1 aromatic heterocycles. The average Bonchev–Trinajstić information content (AvgIpc) is 3.12. The molecule has 1 aromatic carbocycles. The number of fused-ring (bicyclic) bond motifs is 1. The van der Waals surface area contributed by atoms with Gasteiger partial charge in [0.2, 0.25) is 11.8 Å². The summed E-state index contributed by atoms with van der Waals surface area (Å²) in [7, 11) is 0. The van der Waals surface area contributed by atoms with Gasteiger partial charge >= 0.3 is 5.97 Å². The molecule has 2 atom stereocenters. The van der Waals surface area contributed by atoms with Crippen LogP contribution in [0.1, 0.15) is 18.4 Å². The van der Waals surface area contributed by atoms with Gasteiger partial charge in [0.05, 0.1) is 6.54 Å². The fourth-order valence-electron chi connectivity index (χ4n) is 3.02. The number of carbonyl (C=O) groups excluding carboxylic acids is 2. The van der Waals surface area contributed by atoms with Crippen LogP contribution in [0.15, 0.2) is 35.5 Å². The van der Waals surface area contributed by atoms with Crippen molar-refractivity contribution in [1.82, 2.24) is 15.6 Å². The second-order valence-corrected chi connectivity index (χ2v) is 6.74. The molecule has 2 rings (SSSR count). The number of carboxylic acids is 1. The number of benzene rings is 1. The Morgan fingerprint density at radius 2 is 1.87 bits per heavy atom. The number of hydrogen-bond acceptors (Lipinski definition) is 5. The fourth-order valence-corrected chi connectivity index (χ4v) is 3.02. The largest absolute Gasteiger partial charge is 0.480 e. The van der Waals surface area contributed by atoms with E-state index in [2.05, 4.69) is 20.6 Å². The third-order valence-corrected chi connectivity index (χ3v) is 4.50. The van der Waals surface area contributed by atoms with Crippen molar-refractivity contribution in [3.05, 3.63) is 36.0 Å². The number of amides is 2. The van der Waals surface area contributed by atoms with Gasteiger partial charge in [-0.05, 0) is 24.5 Å². The van der Waals surface area contributed by atoms with Crippen LogP contribution in [0, 0.1) is 0 Å². The lowest BCUT2D eigenvalue weighted by atomic mass is 10.0. The summed E-state index contributed by atoms with van der Waals surface area (Å²) in [5.41, 5.74) is 17.5. The van der Waals surface area contributed by atoms with Crippen molar-refractivity contribution in [2.45, 2.75) is 31.3 Å². The van der Waals surface area contributed by atoms with E-state index in [1.165, 1.54) is 0 Å². The maximum absolute atomic E-state index is 12.8. The summed E-state index contributed by atoms with van der Waals surface area (Å²) in [5, 5.41) is 15.4. The lowest BCUT2D eigenvalue weighted by Crippen LogP contribution is -2.53. The van der Waals surface area contributed by atoms with Gasteiger partial charge in [-0.15, -0.1) is 0 Å². The third-order valence-electron chi connectivity index (χ3n) is 4.50. The third kappa shape index (κ3) is 6.48. The van der Waals surface area contributed by atoms with Crippen molar-refractivity contribution in [2.75, 3.05) is 13.1 Å². The van der Waals surface area contributed by atoms with E-state index in [0.717, 1.165) is 16.5 Å². The van der Waals surface area contributed by atoms with Crippen LogP contribution in [-0.4, -0.2) is 59.0 Å². The number of carbonyl (C=O) groups is 3. The predicted molar refractivity (Wildman–Crippen MR) is 112 cm³/mol. The molecule has 0 fully saturated rings. The monoisotopic (exact) mass is 417 g/mol. The van der Waals surface area contributed by atoms with Crippen LogP contribution in [0.2, 0.25) is 0 Å². The first-order valence-corrected chi connectivity index (χ1v) is 9.44. The molecule has 162 valence electrons. The van der Waals surface area contributed by atoms with Crippen LogP contribution < -0.4 is 27.8 Å². The minimum absolute atomic E-state index is 0.0887. The van der Waals surface area contributed by atoms with Crippen molar-refractivity contribution >= 4 is 34.6 Å². The zero-order chi connectivity index (χ0) is 22.1. The van der Waals surface area contributed by atoms with Gasteiger partial charge in [0.1, 0.15) is 12.1 Å². The normalized spacial score (nSPS) is 12.7. The molecule has 2 aromatic rings. The minimum atomic E-state index is -1.19. The number of guanidine groups is 1. The molecule has 11 nitrogen and oxygen atoms in total. The average molecular weight is 417 g/mol. The number of rotatable bonds is 11. The zero-order valence-corrected chi connectivity index (χ0v) is 16.4. The number of aliphatic imine (C=N–C) groups is 1. The van der Waals surface area contributed by atoms with Crippen molar-refractivity contribution in [3.63, 3.8) is 0 Å². The maximum atomic E-state index is 12.8. The Kier molecular flexibility index (Phi) is 8.18. The van der Waals surface area contributed by atoms with E-state index in [4.69, 9.17) is 17.2 Å². The minimum Gasteiger partial charge on any atom is -0.480 e. The Bertz CT molecular complexity index is 920. The second-order valence-electron chi connectivity index (χ2n) is 6.74. The number of nitrogens with zero attached hydrogens (tertiary/aromatic N) is 1. The Morgan fingerprint density at radius 1 is 1.13 bits per heavy atom. The summed E-state index contributed by atoms with van der Waals surface area (Å²) >= 11 is 0. The molecule has 0 bridgehead atoms. The zero-order valence-electron chi connectivity index (χ0n) is 16.4. The van der Waals surface area contributed by atoms with E-state index in [1.54, 1.807) is 6.20 Å². The summed E-state index contributed by atoms with van der Waals surface area (Å²) < 4.78 is 0. The molecule has 30 heavy (non-hydrogen) atoms. The number of nitrogens with one attached hydrogen (secondary N) is 3. The second kappa shape index (κ2) is 10.8. The fraction of sp³-hybridized carbons (Fsp3) is 0.368. The summed E-state index contributed by atoms with van der Waals surface area (Å²) in [5.74, 6) is -2.41. The first-order valence-electron chi connectivity index (χ1n) is 9.44. The number of aromatic nitrogens is 1. The molecule has 0 saturated carbocycles. The topological polar surface area (TPSA) is 202 Å². The predicted octanol–water partition coefficient (Wildman–Crippen LogP) is -1.22. The van der Waals surface area contributed by atoms with E-state index in [-0.39, 0.29) is 31.9 Å². The summed E-state index contributed by atoms with van der Waals surface area (Å²) in [4.78, 5) is 43.1. The van der Waals surface area contributed by atoms with E-state index < -0.39 is 29.9 Å². The summed E-state index contributed by atoms with van der Waals surface area (Å²) in [6, 6.07) is 5.40. The number of hydrogen-bond donors (Lipinski definition) is 7. The Balaban J connectivity index is 2.12. The molecule has 0 aliphatic rings. The van der Waals surface area contributed by atoms with Crippen molar-refractivity contribution in [1.29, 1.82) is 0 Å². The van der Waals surface area contributed by atoms with E-state index in [0.29, 0.717) is 6.42 Å². The van der Waals surface area contributed by atoms with Crippen LogP contribution in [-0.2, 0) is 20.8 Å². The SMILES string of the molecule is NCC(=O)NC(Cc1c[nH]c2ccccc12)C(=O)NC(CCCN=C(N)N)C(=O)O. The molecule has 1 heterocycles. The number of nitrogens with two attached hydrogens (primary N) is 3. The Labute approximate surface area is 173 Å². The number of carboxylic acid groups (broad SMARTS) is 1. The first-order chi connectivity index (χ1) is 14.3. The van der Waals surface area contributed by atoms with Crippen LogP contribution in [0.5, 0.6) is 0 Å². The quantitative estimate of drug-likeness (QED) is 0.135. The van der Waals surface area contributed by atoms with Crippen molar-refractivity contribution in [2.24, 2.45) is 22.2 Å². The molecule has 0 radical (unpaired) electrons. The van der Waals surface area contributed by atoms with Crippen LogP contribution in [0.25, 0.3) is 10.9 Å². The van der Waals surface area contributed by atoms with Gasteiger partial charge in [-0.2, -0.15) is 0 Å². The number of aliphatic carboxylic acids is 1. The Hall–Kier alpha value is -3.60. The van der Waals surface area contributed by atoms with Gasteiger partial charge in [0.25, 0.3) is 0 Å². The number of H-pyrrole nitrogens is 1. The molecule has 2 unspecified atom stereocenters. The lowest BCUT2D eigenvalue weighted by molar-refractivity contribution is -0.142. The van der Waals surface area contributed by atoms with Gasteiger partial charge in [-0.25, -0.2) is 4.79 Å². The molecule has 0 spiro atoms. The molecular weight excluding hydrogens is 390 g/mol. The molecule has 10 N–H and O–H groups in total. The standard InChI is InChI=1S/C19H27N7O4/c20-9-16(27)25-15(8-11-10-24-13-5-2-1-4-12(11)13)17(28)26-14(18(29)30)6-3-7-23-19(21)22/h1-2,4-5,10,14-15,24H,3,6-9,20H2,(H,25,27)(H,26,28)(H,29,30)(H4,21,22,23). The van der Waals surface area contributed by atoms with Crippen LogP contribution in [0.3, 0.4) is 0 Å². The Morgan fingerprint density at radius 3 is 2.53 bits per heavy atom. The lowest BCUT2D eigenvalue weighted by Gasteiger charge is -2.21. The van der Waals surface area contributed by atoms with E-state index in [1.807, 2.05) is 24.3 Å². The number of para-hydroxylation sites is 1. The molecule has 11 heteroatoms. The smallest absolute Gasteiger partial charge is 0.326 e. The van der Waals surface area contributed by atoms with Crippen molar-refractivity contribution < 1.29 is 19.5 Å². The highest BCUT2D eigenvalue weighted by Crippen LogP contribution is 2.19. The molecule has 0 aliphatic carbocycles. The van der Waals surface area contributed by atoms with Gasteiger partial charge in [-0.1, -0.05) is 18.2 Å². The first kappa shape index (κ1) is 22.7. The van der Waals surface area contributed by atoms with Gasteiger partial charge in [0.15, 0.2) is 5.96 Å². The molecule has 0 saturated heterocycles. The highest BCUT2D eigenvalue weighted by Gasteiger charge is 2.27.